The van der Waals surface area contributed by atoms with E-state index in [0.29, 0.717) is 45.1 Å². The molecule has 0 saturated carbocycles. The molecule has 3 aliphatic heterocycles. The lowest BCUT2D eigenvalue weighted by atomic mass is 9.89. The van der Waals surface area contributed by atoms with E-state index in [1.807, 2.05) is 51.1 Å². The van der Waals surface area contributed by atoms with Crippen molar-refractivity contribution in [2.24, 2.45) is 0 Å². The van der Waals surface area contributed by atoms with E-state index in [1.165, 1.54) is 4.90 Å². The van der Waals surface area contributed by atoms with E-state index in [4.69, 9.17) is 14.2 Å². The predicted molar refractivity (Wildman–Crippen MR) is 152 cm³/mol. The van der Waals surface area contributed by atoms with E-state index in [-0.39, 0.29) is 17.9 Å². The Morgan fingerprint density at radius 3 is 2.49 bits per heavy atom. The number of urea groups is 1. The molecule has 2 saturated heterocycles. The third-order valence-electron chi connectivity index (χ3n) is 7.91. The molecule has 2 aromatic carbocycles. The lowest BCUT2D eigenvalue weighted by Gasteiger charge is -2.41. The molecule has 2 fully saturated rings. The van der Waals surface area contributed by atoms with Crippen molar-refractivity contribution >= 4 is 28.8 Å². The summed E-state index contributed by atoms with van der Waals surface area (Å²) in [7, 11) is 1.55. The van der Waals surface area contributed by atoms with Gasteiger partial charge in [0, 0.05) is 49.8 Å². The normalized spacial score (nSPS) is 19.5. The SMILES string of the molecule is CN1C(=O)C2CN(Cc3c2c2cc(OCN4CCOCC4)ccc2n3Cc2ccc(C(=O)OC(C)(C)C)cc2)C1=O. The van der Waals surface area contributed by atoms with Crippen LogP contribution < -0.4 is 4.74 Å². The molecule has 1 unspecified atom stereocenters. The van der Waals surface area contributed by atoms with Crippen LogP contribution >= 0.6 is 0 Å². The average molecular weight is 561 g/mol. The molecule has 1 atom stereocenters. The summed E-state index contributed by atoms with van der Waals surface area (Å²) in [5, 5.41) is 0.964. The Morgan fingerprint density at radius 2 is 1.78 bits per heavy atom. The van der Waals surface area contributed by atoms with Gasteiger partial charge in [0.05, 0.1) is 31.2 Å². The smallest absolute Gasteiger partial charge is 0.338 e. The number of carbonyl (C=O) groups is 3. The van der Waals surface area contributed by atoms with Crippen molar-refractivity contribution in [3.63, 3.8) is 0 Å². The Bertz CT molecular complexity index is 1500. The van der Waals surface area contributed by atoms with Crippen molar-refractivity contribution in [2.75, 3.05) is 46.6 Å². The molecular weight excluding hydrogens is 524 g/mol. The first kappa shape index (κ1) is 27.3. The van der Waals surface area contributed by atoms with Gasteiger partial charge in [-0.15, -0.1) is 0 Å². The number of carbonyl (C=O) groups excluding carboxylic acids is 3. The van der Waals surface area contributed by atoms with Crippen LogP contribution in [0.3, 0.4) is 0 Å². The number of ether oxygens (including phenoxy) is 3. The van der Waals surface area contributed by atoms with Crippen LogP contribution in [0.25, 0.3) is 10.9 Å². The second kappa shape index (κ2) is 10.5. The summed E-state index contributed by atoms with van der Waals surface area (Å²) in [6, 6.07) is 13.1. The Balaban J connectivity index is 1.35. The van der Waals surface area contributed by atoms with Crippen molar-refractivity contribution in [2.45, 2.75) is 45.4 Å². The van der Waals surface area contributed by atoms with E-state index in [9.17, 15) is 14.4 Å². The molecule has 1 aromatic heterocycles. The highest BCUT2D eigenvalue weighted by atomic mass is 16.6. The van der Waals surface area contributed by atoms with E-state index in [2.05, 4.69) is 9.47 Å². The molecule has 41 heavy (non-hydrogen) atoms. The molecule has 10 heteroatoms. The van der Waals surface area contributed by atoms with Gasteiger partial charge in [0.15, 0.2) is 0 Å². The molecule has 0 aliphatic carbocycles. The Morgan fingerprint density at radius 1 is 1.05 bits per heavy atom. The molecule has 6 rings (SSSR count). The number of rotatable bonds is 6. The van der Waals surface area contributed by atoms with Crippen LogP contribution in [0.4, 0.5) is 4.79 Å². The molecule has 3 amide bonds. The number of esters is 1. The largest absolute Gasteiger partial charge is 0.478 e. The third kappa shape index (κ3) is 5.29. The van der Waals surface area contributed by atoms with Crippen molar-refractivity contribution in [3.05, 3.63) is 64.8 Å². The predicted octanol–water partition coefficient (Wildman–Crippen LogP) is 3.80. The number of nitrogens with zero attached hydrogens (tertiary/aromatic N) is 4. The highest BCUT2D eigenvalue weighted by Gasteiger charge is 2.44. The van der Waals surface area contributed by atoms with Crippen LogP contribution in [0.5, 0.6) is 5.75 Å². The zero-order valence-electron chi connectivity index (χ0n) is 24.0. The summed E-state index contributed by atoms with van der Waals surface area (Å²) in [5.74, 6) is -0.248. The summed E-state index contributed by atoms with van der Waals surface area (Å²) in [5.41, 5.74) is 3.80. The van der Waals surface area contributed by atoms with Crippen molar-refractivity contribution in [1.29, 1.82) is 0 Å². The fraction of sp³-hybridized carbons (Fsp3) is 0.452. The first-order valence-electron chi connectivity index (χ1n) is 14.1. The lowest BCUT2D eigenvalue weighted by molar-refractivity contribution is -0.132. The second-order valence-electron chi connectivity index (χ2n) is 11.9. The fourth-order valence-corrected chi connectivity index (χ4v) is 5.85. The summed E-state index contributed by atoms with van der Waals surface area (Å²) < 4.78 is 19.3. The van der Waals surface area contributed by atoms with Crippen LogP contribution in [0.1, 0.15) is 53.9 Å². The minimum absolute atomic E-state index is 0.187. The number of benzene rings is 2. The molecule has 3 aromatic rings. The second-order valence-corrected chi connectivity index (χ2v) is 11.9. The van der Waals surface area contributed by atoms with Gasteiger partial charge in [0.2, 0.25) is 5.91 Å². The Hall–Kier alpha value is -3.89. The van der Waals surface area contributed by atoms with Gasteiger partial charge in [0.25, 0.3) is 0 Å². The highest BCUT2D eigenvalue weighted by molar-refractivity contribution is 6.04. The van der Waals surface area contributed by atoms with E-state index < -0.39 is 11.5 Å². The zero-order valence-corrected chi connectivity index (χ0v) is 24.0. The van der Waals surface area contributed by atoms with Crippen LogP contribution in [0, 0.1) is 0 Å². The minimum atomic E-state index is -0.569. The third-order valence-corrected chi connectivity index (χ3v) is 7.91. The number of aromatic nitrogens is 1. The van der Waals surface area contributed by atoms with E-state index >= 15 is 0 Å². The average Bonchev–Trinajstić information content (AvgIpc) is 3.26. The van der Waals surface area contributed by atoms with Crippen molar-refractivity contribution in [3.8, 4) is 5.75 Å². The molecule has 2 bridgehead atoms. The number of likely N-dealkylation sites (N-methyl/N-ethyl adjacent to an activating group) is 1. The molecular formula is C31H36N4O6. The number of amides is 3. The van der Waals surface area contributed by atoms with Gasteiger partial charge in [-0.1, -0.05) is 12.1 Å². The molecule has 4 heterocycles. The van der Waals surface area contributed by atoms with Crippen LogP contribution in [-0.4, -0.2) is 89.4 Å². The molecule has 10 nitrogen and oxygen atoms in total. The first-order valence-corrected chi connectivity index (χ1v) is 14.1. The molecule has 0 spiro atoms. The standard InChI is InChI=1S/C31H36N4O6/c1-31(2,3)41-29(37)21-7-5-20(6-8-21)16-35-25-10-9-22(40-19-33-11-13-39-14-12-33)15-23(25)27-24-17-34(18-26(27)35)30(38)32(4)28(24)36/h5-10,15,24H,11-14,16-19H2,1-4H3. The minimum Gasteiger partial charge on any atom is -0.478 e. The van der Waals surface area contributed by atoms with Gasteiger partial charge in [-0.3, -0.25) is 14.6 Å². The lowest BCUT2D eigenvalue weighted by Crippen LogP contribution is -2.56. The number of morpholine rings is 1. The summed E-state index contributed by atoms with van der Waals surface area (Å²) in [6.45, 7) is 10.4. The summed E-state index contributed by atoms with van der Waals surface area (Å²) >= 11 is 0. The van der Waals surface area contributed by atoms with Crippen LogP contribution in [0.15, 0.2) is 42.5 Å². The number of imide groups is 1. The molecule has 0 N–H and O–H groups in total. The van der Waals surface area contributed by atoms with E-state index in [0.717, 1.165) is 46.6 Å². The van der Waals surface area contributed by atoms with Crippen molar-refractivity contribution < 1.29 is 28.6 Å². The maximum absolute atomic E-state index is 13.3. The maximum Gasteiger partial charge on any atom is 0.338 e. The summed E-state index contributed by atoms with van der Waals surface area (Å²) in [4.78, 5) is 43.9. The molecule has 3 aliphatic rings. The summed E-state index contributed by atoms with van der Waals surface area (Å²) in [6.07, 6.45) is 0. The Labute approximate surface area is 239 Å². The Kier molecular flexibility index (Phi) is 6.99. The van der Waals surface area contributed by atoms with Gasteiger partial charge >= 0.3 is 12.0 Å². The van der Waals surface area contributed by atoms with Gasteiger partial charge in [-0.05, 0) is 62.2 Å². The van der Waals surface area contributed by atoms with Crippen LogP contribution in [-0.2, 0) is 27.4 Å². The first-order chi connectivity index (χ1) is 19.6. The topological polar surface area (TPSA) is 93.6 Å². The number of hydrogen-bond donors (Lipinski definition) is 0. The van der Waals surface area contributed by atoms with Gasteiger partial charge in [-0.25, -0.2) is 9.59 Å². The highest BCUT2D eigenvalue weighted by Crippen LogP contribution is 2.41. The number of hydrogen-bond acceptors (Lipinski definition) is 7. The quantitative estimate of drug-likeness (QED) is 0.424. The van der Waals surface area contributed by atoms with Gasteiger partial charge in [0.1, 0.15) is 18.1 Å². The monoisotopic (exact) mass is 560 g/mol. The maximum atomic E-state index is 13.3. The molecule has 216 valence electrons. The van der Waals surface area contributed by atoms with E-state index in [1.54, 1.807) is 24.1 Å². The van der Waals surface area contributed by atoms with Crippen molar-refractivity contribution in [1.82, 2.24) is 19.3 Å². The number of fused-ring (bicyclic) bond motifs is 6. The van der Waals surface area contributed by atoms with Gasteiger partial charge in [-0.2, -0.15) is 0 Å². The van der Waals surface area contributed by atoms with Crippen LogP contribution in [0.2, 0.25) is 0 Å². The fourth-order valence-electron chi connectivity index (χ4n) is 5.85. The molecule has 0 radical (unpaired) electrons. The van der Waals surface area contributed by atoms with Gasteiger partial charge < -0.3 is 23.7 Å². The zero-order chi connectivity index (χ0) is 28.9.